The number of fused-ring (bicyclic) bond motifs is 1. The maximum absolute atomic E-state index is 13.3. The van der Waals surface area contributed by atoms with E-state index in [4.69, 9.17) is 14.8 Å². The van der Waals surface area contributed by atoms with E-state index in [0.29, 0.717) is 23.3 Å². The molecule has 35 heavy (non-hydrogen) atoms. The van der Waals surface area contributed by atoms with Crippen LogP contribution >= 0.6 is 11.8 Å². The largest absolute Gasteiger partial charge is 0.497 e. The van der Waals surface area contributed by atoms with Gasteiger partial charge in [-0.3, -0.25) is 14.9 Å². The molecule has 9 nitrogen and oxygen atoms in total. The van der Waals surface area contributed by atoms with Crippen molar-refractivity contribution in [2.45, 2.75) is 43.6 Å². The third kappa shape index (κ3) is 4.53. The number of benzene rings is 2. The molecule has 10 heteroatoms. The quantitative estimate of drug-likeness (QED) is 0.286. The smallest absolute Gasteiger partial charge is 0.269 e. The zero-order valence-electron chi connectivity index (χ0n) is 19.6. The molecule has 2 aliphatic rings. The van der Waals surface area contributed by atoms with Crippen molar-refractivity contribution in [1.82, 2.24) is 14.8 Å². The molecule has 3 aromatic rings. The fourth-order valence-electron chi connectivity index (χ4n) is 4.61. The average Bonchev–Trinajstić information content (AvgIpc) is 3.23. The zero-order chi connectivity index (χ0) is 24.7. The van der Waals surface area contributed by atoms with Crippen molar-refractivity contribution >= 4 is 29.2 Å². The van der Waals surface area contributed by atoms with Gasteiger partial charge in [-0.15, -0.1) is 5.10 Å². The second kappa shape index (κ2) is 8.84. The van der Waals surface area contributed by atoms with Gasteiger partial charge in [-0.2, -0.15) is 4.98 Å². The third-order valence-corrected chi connectivity index (χ3v) is 7.17. The summed E-state index contributed by atoms with van der Waals surface area (Å²) in [6.07, 6.45) is 1.23. The normalized spacial score (nSPS) is 18.5. The number of methoxy groups -OCH3 is 1. The molecule has 5 rings (SSSR count). The van der Waals surface area contributed by atoms with Crippen LogP contribution in [0.15, 0.2) is 65.0 Å². The molecule has 0 unspecified atom stereocenters. The molecule has 0 saturated heterocycles. The number of non-ortho nitro benzene ring substituents is 1. The van der Waals surface area contributed by atoms with Crippen LogP contribution in [0.1, 0.15) is 43.9 Å². The van der Waals surface area contributed by atoms with E-state index < -0.39 is 4.92 Å². The van der Waals surface area contributed by atoms with E-state index in [1.54, 1.807) is 23.9 Å². The number of nitrogens with zero attached hydrogens (tertiary/aromatic N) is 4. The van der Waals surface area contributed by atoms with Crippen LogP contribution in [0.2, 0.25) is 0 Å². The Balaban J connectivity index is 1.47. The molecule has 1 aliphatic carbocycles. The van der Waals surface area contributed by atoms with Crippen molar-refractivity contribution < 1.29 is 14.5 Å². The number of anilines is 1. The van der Waals surface area contributed by atoms with E-state index in [1.165, 1.54) is 23.9 Å². The average molecular weight is 492 g/mol. The maximum Gasteiger partial charge on any atom is 0.269 e. The first kappa shape index (κ1) is 23.1. The Morgan fingerprint density at radius 2 is 1.89 bits per heavy atom. The number of thioether (sulfide) groups is 1. The Morgan fingerprint density at radius 1 is 1.17 bits per heavy atom. The Bertz CT molecular complexity index is 1330. The van der Waals surface area contributed by atoms with Gasteiger partial charge in [0.15, 0.2) is 5.78 Å². The Hall–Kier alpha value is -3.66. The van der Waals surface area contributed by atoms with Gasteiger partial charge in [0.05, 0.1) is 12.0 Å². The Kier molecular flexibility index (Phi) is 5.84. The number of nitro groups is 1. The molecule has 0 fully saturated rings. The monoisotopic (exact) mass is 491 g/mol. The predicted octanol–water partition coefficient (Wildman–Crippen LogP) is 5.15. The highest BCUT2D eigenvalue weighted by atomic mass is 32.2. The minimum Gasteiger partial charge on any atom is -0.497 e. The summed E-state index contributed by atoms with van der Waals surface area (Å²) in [5.41, 5.74) is 3.43. The molecule has 1 aliphatic heterocycles. The van der Waals surface area contributed by atoms with E-state index in [9.17, 15) is 14.9 Å². The van der Waals surface area contributed by atoms with Gasteiger partial charge in [-0.05, 0) is 35.1 Å². The second-order valence-corrected chi connectivity index (χ2v) is 10.5. The molecule has 0 radical (unpaired) electrons. The van der Waals surface area contributed by atoms with E-state index in [-0.39, 0.29) is 22.9 Å². The van der Waals surface area contributed by atoms with Gasteiger partial charge in [0, 0.05) is 35.6 Å². The first-order chi connectivity index (χ1) is 16.7. The molecular weight excluding hydrogens is 466 g/mol. The molecule has 1 atom stereocenters. The number of ether oxygens (including phenoxy) is 1. The molecule has 1 N–H and O–H groups in total. The van der Waals surface area contributed by atoms with Crippen molar-refractivity contribution in [3.8, 4) is 5.75 Å². The first-order valence-electron chi connectivity index (χ1n) is 11.2. The summed E-state index contributed by atoms with van der Waals surface area (Å²) >= 11 is 1.44. The number of allylic oxidation sites excluding steroid dienone is 2. The number of carbonyl (C=O) groups is 1. The second-order valence-electron chi connectivity index (χ2n) is 9.51. The summed E-state index contributed by atoms with van der Waals surface area (Å²) in [6, 6.07) is 13.8. The number of hydrogen-bond acceptors (Lipinski definition) is 8. The summed E-state index contributed by atoms with van der Waals surface area (Å²) < 4.78 is 7.10. The number of carbonyl (C=O) groups excluding carboxylic acids is 1. The minimum absolute atomic E-state index is 0.0603. The van der Waals surface area contributed by atoms with Crippen molar-refractivity contribution in [3.05, 3.63) is 81.0 Å². The molecule has 0 spiro atoms. The fourth-order valence-corrected chi connectivity index (χ4v) is 5.39. The van der Waals surface area contributed by atoms with Crippen LogP contribution < -0.4 is 10.1 Å². The zero-order valence-corrected chi connectivity index (χ0v) is 20.5. The van der Waals surface area contributed by atoms with E-state index in [1.807, 2.05) is 24.3 Å². The van der Waals surface area contributed by atoms with Crippen molar-refractivity contribution in [2.24, 2.45) is 5.41 Å². The summed E-state index contributed by atoms with van der Waals surface area (Å²) in [5, 5.41) is 19.6. The van der Waals surface area contributed by atoms with Gasteiger partial charge in [0.25, 0.3) is 5.69 Å². The number of rotatable bonds is 6. The van der Waals surface area contributed by atoms with Gasteiger partial charge in [0.2, 0.25) is 11.1 Å². The maximum atomic E-state index is 13.3. The van der Waals surface area contributed by atoms with Crippen molar-refractivity contribution in [1.29, 1.82) is 0 Å². The van der Waals surface area contributed by atoms with Gasteiger partial charge in [-0.1, -0.05) is 49.9 Å². The highest BCUT2D eigenvalue weighted by molar-refractivity contribution is 7.98. The lowest BCUT2D eigenvalue weighted by Crippen LogP contribution is -2.36. The highest BCUT2D eigenvalue weighted by Crippen LogP contribution is 2.45. The number of Topliss-reactive ketones (excluding diaryl/α,β-unsaturated/α-hetero) is 1. The molecule has 180 valence electrons. The topological polar surface area (TPSA) is 112 Å². The number of aromatic nitrogens is 3. The summed E-state index contributed by atoms with van der Waals surface area (Å²) in [6.45, 7) is 4.20. The van der Waals surface area contributed by atoms with Crippen LogP contribution in [0.25, 0.3) is 0 Å². The SMILES string of the molecule is COc1ccc([C@@H]2C3=C(CC(C)(C)CC3=O)Nc3nc(SCc4ccc([N+](=O)[O-])cc4)nn32)cc1. The lowest BCUT2D eigenvalue weighted by Gasteiger charge is -2.38. The Morgan fingerprint density at radius 3 is 2.54 bits per heavy atom. The van der Waals surface area contributed by atoms with Gasteiger partial charge >= 0.3 is 0 Å². The number of ketones is 1. The summed E-state index contributed by atoms with van der Waals surface area (Å²) in [7, 11) is 1.62. The lowest BCUT2D eigenvalue weighted by molar-refractivity contribution is -0.384. The first-order valence-corrected chi connectivity index (χ1v) is 12.2. The lowest BCUT2D eigenvalue weighted by atomic mass is 9.73. The summed E-state index contributed by atoms with van der Waals surface area (Å²) in [5.74, 6) is 2.02. The van der Waals surface area contributed by atoms with E-state index >= 15 is 0 Å². The number of hydrogen-bond donors (Lipinski definition) is 1. The van der Waals surface area contributed by atoms with Crippen LogP contribution in [0.3, 0.4) is 0 Å². The number of nitro benzene ring substituents is 1. The van der Waals surface area contributed by atoms with Gasteiger partial charge in [0.1, 0.15) is 11.8 Å². The summed E-state index contributed by atoms with van der Waals surface area (Å²) in [4.78, 5) is 28.5. The molecule has 1 aromatic heterocycles. The predicted molar refractivity (Wildman–Crippen MR) is 132 cm³/mol. The van der Waals surface area contributed by atoms with Crippen molar-refractivity contribution in [3.63, 3.8) is 0 Å². The molecule has 0 amide bonds. The van der Waals surface area contributed by atoms with Gasteiger partial charge in [-0.25, -0.2) is 4.68 Å². The number of nitrogens with one attached hydrogen (secondary N) is 1. The van der Waals surface area contributed by atoms with Crippen LogP contribution in [0.5, 0.6) is 5.75 Å². The molecule has 0 bridgehead atoms. The van der Waals surface area contributed by atoms with Gasteiger partial charge < -0.3 is 10.1 Å². The molecule has 2 heterocycles. The van der Waals surface area contributed by atoms with Crippen LogP contribution in [0, 0.1) is 15.5 Å². The molecule has 0 saturated carbocycles. The van der Waals surface area contributed by atoms with Crippen LogP contribution in [-0.4, -0.2) is 32.6 Å². The highest BCUT2D eigenvalue weighted by Gasteiger charge is 2.41. The minimum atomic E-state index is -0.412. The standard InChI is InChI=1S/C25H25N5O4S/c1-25(2)12-19-21(20(31)13-25)22(16-6-10-18(34-3)11-7-16)29-23(26-19)27-24(28-29)35-14-15-4-8-17(9-5-15)30(32)33/h4-11,22H,12-14H2,1-3H3,(H,26,27,28)/t22-/m1/s1. The third-order valence-electron chi connectivity index (χ3n) is 6.26. The van der Waals surface area contributed by atoms with E-state index in [2.05, 4.69) is 19.2 Å². The molecule has 2 aromatic carbocycles. The van der Waals surface area contributed by atoms with Crippen molar-refractivity contribution in [2.75, 3.05) is 12.4 Å². The fraction of sp³-hybridized carbons (Fsp3) is 0.320. The Labute approximate surface area is 206 Å². The van der Waals surface area contributed by atoms with Crippen LogP contribution in [-0.2, 0) is 10.5 Å². The van der Waals surface area contributed by atoms with Crippen LogP contribution in [0.4, 0.5) is 11.6 Å². The van der Waals surface area contributed by atoms with E-state index in [0.717, 1.165) is 34.6 Å². The molecular formula is C25H25N5O4S.